The van der Waals surface area contributed by atoms with Gasteiger partial charge < -0.3 is 14.8 Å². The van der Waals surface area contributed by atoms with E-state index in [1.165, 1.54) is 6.92 Å². The molecular weight excluding hydrogens is 306 g/mol. The highest BCUT2D eigenvalue weighted by molar-refractivity contribution is 5.83. The zero-order valence-corrected chi connectivity index (χ0v) is 13.8. The smallest absolute Gasteiger partial charge is 0.328 e. The highest BCUT2D eigenvalue weighted by Gasteiger charge is 2.21. The lowest BCUT2D eigenvalue weighted by Gasteiger charge is -2.16. The summed E-state index contributed by atoms with van der Waals surface area (Å²) in [6.45, 7) is 3.39. The Morgan fingerprint density at radius 3 is 2.21 bits per heavy atom. The molecule has 1 amide bonds. The fraction of sp³-hybridized carbons (Fsp3) is 0.263. The Balaban J connectivity index is 2.02. The van der Waals surface area contributed by atoms with Gasteiger partial charge in [-0.15, -0.1) is 0 Å². The molecule has 2 rings (SSSR count). The second-order valence-corrected chi connectivity index (χ2v) is 5.27. The molecule has 0 aliphatic rings. The number of para-hydroxylation sites is 1. The van der Waals surface area contributed by atoms with Crippen molar-refractivity contribution in [2.75, 3.05) is 6.61 Å². The fourth-order valence-electron chi connectivity index (χ4n) is 2.24. The third-order valence-electron chi connectivity index (χ3n) is 3.29. The second-order valence-electron chi connectivity index (χ2n) is 5.27. The summed E-state index contributed by atoms with van der Waals surface area (Å²) in [5.41, 5.74) is 0.905. The maximum absolute atomic E-state index is 11.9. The van der Waals surface area contributed by atoms with E-state index in [1.807, 2.05) is 54.6 Å². The molecule has 1 unspecified atom stereocenters. The molecule has 0 spiro atoms. The molecule has 24 heavy (non-hydrogen) atoms. The summed E-state index contributed by atoms with van der Waals surface area (Å²) in [6, 6.07) is 16.2. The second kappa shape index (κ2) is 8.72. The van der Waals surface area contributed by atoms with Gasteiger partial charge in [0.1, 0.15) is 17.5 Å². The van der Waals surface area contributed by atoms with Crippen LogP contribution in [0.2, 0.25) is 0 Å². The zero-order valence-electron chi connectivity index (χ0n) is 13.8. The van der Waals surface area contributed by atoms with Gasteiger partial charge in [-0.1, -0.05) is 30.3 Å². The maximum Gasteiger partial charge on any atom is 0.328 e. The van der Waals surface area contributed by atoms with E-state index in [-0.39, 0.29) is 12.5 Å². The molecule has 1 N–H and O–H groups in total. The van der Waals surface area contributed by atoms with Crippen molar-refractivity contribution in [1.82, 2.24) is 5.32 Å². The van der Waals surface area contributed by atoms with Crippen LogP contribution in [0.25, 0.3) is 0 Å². The largest absolute Gasteiger partial charge is 0.464 e. The highest BCUT2D eigenvalue weighted by Crippen LogP contribution is 2.21. The normalized spacial score (nSPS) is 11.4. The van der Waals surface area contributed by atoms with Gasteiger partial charge in [0.05, 0.1) is 6.61 Å². The highest BCUT2D eigenvalue weighted by atomic mass is 16.5. The topological polar surface area (TPSA) is 64.6 Å². The number of esters is 1. The van der Waals surface area contributed by atoms with E-state index in [9.17, 15) is 9.59 Å². The number of hydrogen-bond donors (Lipinski definition) is 1. The van der Waals surface area contributed by atoms with E-state index in [2.05, 4.69) is 5.32 Å². The molecule has 5 heteroatoms. The molecule has 2 aromatic rings. The summed E-state index contributed by atoms with van der Waals surface area (Å²) in [6.07, 6.45) is 0.365. The molecule has 1 atom stereocenters. The lowest BCUT2D eigenvalue weighted by atomic mass is 10.1. The minimum Gasteiger partial charge on any atom is -0.464 e. The van der Waals surface area contributed by atoms with Crippen molar-refractivity contribution in [2.24, 2.45) is 0 Å². The van der Waals surface area contributed by atoms with Gasteiger partial charge in [0.2, 0.25) is 5.91 Å². The van der Waals surface area contributed by atoms with Crippen LogP contribution < -0.4 is 10.1 Å². The summed E-state index contributed by atoms with van der Waals surface area (Å²) in [5.74, 6) is 0.763. The number of hydrogen-bond acceptors (Lipinski definition) is 4. The Hall–Kier alpha value is -2.82. The Morgan fingerprint density at radius 2 is 1.62 bits per heavy atom. The first-order valence-corrected chi connectivity index (χ1v) is 7.84. The molecular formula is C19H21NO4. The molecule has 0 saturated heterocycles. The number of benzene rings is 2. The maximum atomic E-state index is 11.9. The number of carbonyl (C=O) groups excluding carboxylic acids is 2. The first-order valence-electron chi connectivity index (χ1n) is 7.84. The molecule has 2 aromatic carbocycles. The first-order chi connectivity index (χ1) is 11.6. The lowest BCUT2D eigenvalue weighted by molar-refractivity contribution is -0.147. The third-order valence-corrected chi connectivity index (χ3v) is 3.29. The van der Waals surface area contributed by atoms with E-state index >= 15 is 0 Å². The Kier molecular flexibility index (Phi) is 6.37. The van der Waals surface area contributed by atoms with Gasteiger partial charge >= 0.3 is 5.97 Å². The van der Waals surface area contributed by atoms with E-state index in [1.54, 1.807) is 6.92 Å². The van der Waals surface area contributed by atoms with Gasteiger partial charge in [0.15, 0.2) is 0 Å². The Morgan fingerprint density at radius 1 is 1.00 bits per heavy atom. The van der Waals surface area contributed by atoms with Crippen LogP contribution in [0.15, 0.2) is 54.6 Å². The van der Waals surface area contributed by atoms with E-state index < -0.39 is 12.0 Å². The lowest BCUT2D eigenvalue weighted by Crippen LogP contribution is -2.42. The summed E-state index contributed by atoms with van der Waals surface area (Å²) in [5, 5.41) is 2.62. The van der Waals surface area contributed by atoms with Crippen molar-refractivity contribution in [3.8, 4) is 11.5 Å². The SMILES string of the molecule is CCOC(=O)C(Cc1ccc(Oc2ccccc2)cc1)NC(C)=O. The number of nitrogens with one attached hydrogen (secondary N) is 1. The van der Waals surface area contributed by atoms with Crippen molar-refractivity contribution in [1.29, 1.82) is 0 Å². The van der Waals surface area contributed by atoms with Crippen LogP contribution in [-0.4, -0.2) is 24.5 Å². The van der Waals surface area contributed by atoms with Crippen LogP contribution in [0.3, 0.4) is 0 Å². The minimum atomic E-state index is -0.691. The van der Waals surface area contributed by atoms with Crippen LogP contribution in [0, 0.1) is 0 Å². The van der Waals surface area contributed by atoms with Crippen molar-refractivity contribution >= 4 is 11.9 Å². The molecule has 0 radical (unpaired) electrons. The number of amides is 1. The molecule has 0 aliphatic carbocycles. The summed E-state index contributed by atoms with van der Waals surface area (Å²) in [7, 11) is 0. The van der Waals surface area contributed by atoms with Crippen molar-refractivity contribution in [3.63, 3.8) is 0 Å². The van der Waals surface area contributed by atoms with Crippen molar-refractivity contribution in [2.45, 2.75) is 26.3 Å². The minimum absolute atomic E-state index is 0.267. The predicted molar refractivity (Wildman–Crippen MR) is 90.9 cm³/mol. The van der Waals surface area contributed by atoms with E-state index in [0.717, 1.165) is 11.3 Å². The van der Waals surface area contributed by atoms with Crippen LogP contribution in [0.5, 0.6) is 11.5 Å². The van der Waals surface area contributed by atoms with E-state index in [0.29, 0.717) is 12.2 Å². The fourth-order valence-corrected chi connectivity index (χ4v) is 2.24. The monoisotopic (exact) mass is 327 g/mol. The molecule has 0 saturated carbocycles. The quantitative estimate of drug-likeness (QED) is 0.794. The standard InChI is InChI=1S/C19H21NO4/c1-3-23-19(22)18(20-14(2)21)13-15-9-11-17(12-10-15)24-16-7-5-4-6-8-16/h4-12,18H,3,13H2,1-2H3,(H,20,21). The molecule has 0 fully saturated rings. The third kappa shape index (κ3) is 5.43. The zero-order chi connectivity index (χ0) is 17.4. The van der Waals surface area contributed by atoms with E-state index in [4.69, 9.17) is 9.47 Å². The molecule has 0 aliphatic heterocycles. The van der Waals surface area contributed by atoms with Gasteiger partial charge in [0.25, 0.3) is 0 Å². The first kappa shape index (κ1) is 17.5. The van der Waals surface area contributed by atoms with Gasteiger partial charge in [-0.2, -0.15) is 0 Å². The summed E-state index contributed by atoms with van der Waals surface area (Å²) in [4.78, 5) is 23.2. The van der Waals surface area contributed by atoms with Gasteiger partial charge in [-0.25, -0.2) is 4.79 Å². The van der Waals surface area contributed by atoms with Crippen LogP contribution in [0.4, 0.5) is 0 Å². The molecule has 0 bridgehead atoms. The average molecular weight is 327 g/mol. The average Bonchev–Trinajstić information content (AvgIpc) is 2.57. The Labute approximate surface area is 141 Å². The molecule has 126 valence electrons. The summed E-state index contributed by atoms with van der Waals surface area (Å²) < 4.78 is 10.7. The van der Waals surface area contributed by atoms with Gasteiger partial charge in [-0.05, 0) is 36.8 Å². The summed E-state index contributed by atoms with van der Waals surface area (Å²) >= 11 is 0. The van der Waals surface area contributed by atoms with Gasteiger partial charge in [-0.3, -0.25) is 4.79 Å². The molecule has 0 heterocycles. The molecule has 0 aromatic heterocycles. The van der Waals surface area contributed by atoms with Crippen LogP contribution >= 0.6 is 0 Å². The predicted octanol–water partition coefficient (Wildman–Crippen LogP) is 3.09. The van der Waals surface area contributed by atoms with Crippen LogP contribution in [-0.2, 0) is 20.7 Å². The van der Waals surface area contributed by atoms with Gasteiger partial charge in [0, 0.05) is 13.3 Å². The van der Waals surface area contributed by atoms with Crippen molar-refractivity contribution in [3.05, 3.63) is 60.2 Å². The number of carbonyl (C=O) groups is 2. The number of ether oxygens (including phenoxy) is 2. The number of rotatable bonds is 7. The Bertz CT molecular complexity index is 668. The molecule has 5 nitrogen and oxygen atoms in total. The van der Waals surface area contributed by atoms with Crippen molar-refractivity contribution < 1.29 is 19.1 Å². The van der Waals surface area contributed by atoms with Crippen LogP contribution in [0.1, 0.15) is 19.4 Å².